The number of nitrogens with zero attached hydrogens (tertiary/aromatic N) is 3. The van der Waals surface area contributed by atoms with Crippen molar-refractivity contribution in [1.82, 2.24) is 14.8 Å². The van der Waals surface area contributed by atoms with Gasteiger partial charge in [-0.3, -0.25) is 0 Å². The van der Waals surface area contributed by atoms with Crippen molar-refractivity contribution in [2.75, 3.05) is 14.2 Å². The normalized spacial score (nSPS) is 12.7. The number of aromatic carboxylic acids is 1. The predicted molar refractivity (Wildman–Crippen MR) is 123 cm³/mol. The van der Waals surface area contributed by atoms with Crippen molar-refractivity contribution in [1.29, 1.82) is 0 Å². The minimum atomic E-state index is -0.974. The highest BCUT2D eigenvalue weighted by Crippen LogP contribution is 2.30. The molecule has 170 valence electrons. The molecule has 0 saturated carbocycles. The van der Waals surface area contributed by atoms with Gasteiger partial charge in [0.05, 0.1) is 12.1 Å². The number of carbonyl (C=O) groups is 1. The van der Waals surface area contributed by atoms with Crippen LogP contribution in [-0.2, 0) is 21.8 Å². The number of hydrogen-bond acceptors (Lipinski definition) is 5. The first-order valence-corrected chi connectivity index (χ1v) is 10.9. The molecule has 7 heteroatoms. The average Bonchev–Trinajstić information content (AvgIpc) is 3.24. The molecule has 1 atom stereocenters. The molecule has 0 bridgehead atoms. The highest BCUT2D eigenvalue weighted by molar-refractivity contribution is 5.95. The van der Waals surface area contributed by atoms with E-state index < -0.39 is 11.8 Å². The Morgan fingerprint density at radius 1 is 1.09 bits per heavy atom. The van der Waals surface area contributed by atoms with Crippen molar-refractivity contribution in [3.63, 3.8) is 0 Å². The van der Waals surface area contributed by atoms with Crippen LogP contribution < -0.4 is 0 Å². The van der Waals surface area contributed by atoms with Crippen LogP contribution in [-0.4, -0.2) is 40.1 Å². The molecule has 1 heterocycles. The summed E-state index contributed by atoms with van der Waals surface area (Å²) in [5.41, 5.74) is 2.88. The summed E-state index contributed by atoms with van der Waals surface area (Å²) in [6.45, 7) is 6.77. The summed E-state index contributed by atoms with van der Waals surface area (Å²) in [5, 5.41) is 14.2. The Labute approximate surface area is 189 Å². The minimum absolute atomic E-state index is 0.223. The van der Waals surface area contributed by atoms with Gasteiger partial charge in [0, 0.05) is 26.6 Å². The monoisotopic (exact) mass is 437 g/mol. The van der Waals surface area contributed by atoms with Crippen LogP contribution in [0.3, 0.4) is 0 Å². The molecule has 3 rings (SSSR count). The molecule has 0 amide bonds. The molecule has 0 spiro atoms. The van der Waals surface area contributed by atoms with Crippen LogP contribution in [0.25, 0.3) is 11.1 Å². The van der Waals surface area contributed by atoms with Gasteiger partial charge in [-0.25, -0.2) is 14.5 Å². The first-order chi connectivity index (χ1) is 15.4. The molecule has 1 N–H and O–H groups in total. The van der Waals surface area contributed by atoms with E-state index in [-0.39, 0.29) is 11.5 Å². The van der Waals surface area contributed by atoms with Crippen molar-refractivity contribution in [3.8, 4) is 11.1 Å². The molecule has 1 aromatic heterocycles. The summed E-state index contributed by atoms with van der Waals surface area (Å²) in [7, 11) is 3.20. The second-order valence-corrected chi connectivity index (χ2v) is 7.82. The van der Waals surface area contributed by atoms with Gasteiger partial charge >= 0.3 is 5.97 Å². The first-order valence-electron chi connectivity index (χ1n) is 10.9. The summed E-state index contributed by atoms with van der Waals surface area (Å²) in [6.07, 6.45) is 1.52. The maximum atomic E-state index is 11.6. The second kappa shape index (κ2) is 10.1. The fourth-order valence-corrected chi connectivity index (χ4v) is 3.78. The molecular formula is C25H31N3O4. The molecule has 0 aliphatic carbocycles. The van der Waals surface area contributed by atoms with Crippen molar-refractivity contribution in [3.05, 3.63) is 71.3 Å². The lowest BCUT2D eigenvalue weighted by molar-refractivity contribution is -0.222. The van der Waals surface area contributed by atoms with Gasteiger partial charge in [-0.1, -0.05) is 63.2 Å². The molecule has 0 fully saturated rings. The number of rotatable bonds is 10. The van der Waals surface area contributed by atoms with Gasteiger partial charge in [-0.15, -0.1) is 5.10 Å². The van der Waals surface area contributed by atoms with E-state index in [2.05, 4.69) is 13.8 Å². The molecule has 7 nitrogen and oxygen atoms in total. The molecule has 0 saturated heterocycles. The number of hydrogen-bond donors (Lipinski definition) is 1. The molecule has 0 aliphatic rings. The molecule has 32 heavy (non-hydrogen) atoms. The first kappa shape index (κ1) is 23.6. The van der Waals surface area contributed by atoms with Gasteiger partial charge in [0.25, 0.3) is 0 Å². The van der Waals surface area contributed by atoms with E-state index in [1.54, 1.807) is 26.4 Å². The lowest BCUT2D eigenvalue weighted by Gasteiger charge is -2.26. The van der Waals surface area contributed by atoms with Gasteiger partial charge in [0.1, 0.15) is 5.82 Å². The van der Waals surface area contributed by atoms with Crippen LogP contribution >= 0.6 is 0 Å². The highest BCUT2D eigenvalue weighted by atomic mass is 16.7. The Morgan fingerprint density at radius 2 is 1.75 bits per heavy atom. The zero-order chi connectivity index (χ0) is 23.3. The second-order valence-electron chi connectivity index (χ2n) is 7.82. The van der Waals surface area contributed by atoms with Gasteiger partial charge < -0.3 is 14.6 Å². The van der Waals surface area contributed by atoms with E-state index in [9.17, 15) is 9.90 Å². The van der Waals surface area contributed by atoms with E-state index in [0.29, 0.717) is 24.4 Å². The lowest BCUT2D eigenvalue weighted by atomic mass is 9.99. The van der Waals surface area contributed by atoms with E-state index >= 15 is 0 Å². The fraction of sp³-hybridized carbons (Fsp3) is 0.400. The molecular weight excluding hydrogens is 406 g/mol. The quantitative estimate of drug-likeness (QED) is 0.446. The third-order valence-electron chi connectivity index (χ3n) is 5.97. The highest BCUT2D eigenvalue weighted by Gasteiger charge is 2.36. The third-order valence-corrected chi connectivity index (χ3v) is 5.97. The largest absolute Gasteiger partial charge is 0.478 e. The molecule has 0 radical (unpaired) electrons. The molecule has 1 unspecified atom stereocenters. The number of methoxy groups -OCH3 is 2. The Bertz CT molecular complexity index is 1050. The van der Waals surface area contributed by atoms with Crippen LogP contribution in [0, 0.1) is 0 Å². The number of benzene rings is 2. The zero-order valence-corrected chi connectivity index (χ0v) is 19.3. The van der Waals surface area contributed by atoms with Crippen LogP contribution in [0.2, 0.25) is 0 Å². The Balaban J connectivity index is 1.94. The summed E-state index contributed by atoms with van der Waals surface area (Å²) >= 11 is 0. The van der Waals surface area contributed by atoms with E-state index in [1.165, 1.54) is 0 Å². The Hall–Kier alpha value is -3.03. The summed E-state index contributed by atoms with van der Waals surface area (Å²) in [4.78, 5) is 16.3. The zero-order valence-electron chi connectivity index (χ0n) is 19.3. The number of carboxylic acids is 1. The van der Waals surface area contributed by atoms with Crippen molar-refractivity contribution >= 4 is 5.97 Å². The van der Waals surface area contributed by atoms with Crippen LogP contribution in [0.1, 0.15) is 67.1 Å². The van der Waals surface area contributed by atoms with E-state index in [1.807, 2.05) is 48.0 Å². The number of aromatic nitrogens is 3. The van der Waals surface area contributed by atoms with Crippen molar-refractivity contribution in [2.45, 2.75) is 51.9 Å². The summed E-state index contributed by atoms with van der Waals surface area (Å²) in [6, 6.07) is 14.9. The standard InChI is InChI=1S/C25H31N3O4/c1-6-17(3)22-26-24(25(7-2,31-4)32-5)27-28(22)16-18-12-14-19(15-13-18)20-10-8-9-11-21(20)23(29)30/h8-15,17H,6-7,16H2,1-5H3,(H,29,30). The summed E-state index contributed by atoms with van der Waals surface area (Å²) in [5.74, 6) is -0.283. The van der Waals surface area contributed by atoms with Gasteiger partial charge in [-0.05, 0) is 29.2 Å². The number of carboxylic acid groups (broad SMARTS) is 1. The van der Waals surface area contributed by atoms with Gasteiger partial charge in [-0.2, -0.15) is 0 Å². The third kappa shape index (κ3) is 4.59. The molecule has 2 aromatic carbocycles. The predicted octanol–water partition coefficient (Wildman–Crippen LogP) is 5.06. The van der Waals surface area contributed by atoms with Crippen LogP contribution in [0.15, 0.2) is 48.5 Å². The number of ether oxygens (including phenoxy) is 2. The average molecular weight is 438 g/mol. The maximum absolute atomic E-state index is 11.6. The molecule has 0 aliphatic heterocycles. The topological polar surface area (TPSA) is 86.5 Å². The van der Waals surface area contributed by atoms with Gasteiger partial charge in [0.2, 0.25) is 11.6 Å². The SMILES string of the molecule is CCC(C)c1nc(C(CC)(OC)OC)nn1Cc1ccc(-c2ccccc2C(=O)O)cc1. The van der Waals surface area contributed by atoms with Crippen molar-refractivity contribution < 1.29 is 19.4 Å². The Morgan fingerprint density at radius 3 is 2.31 bits per heavy atom. The van der Waals surface area contributed by atoms with E-state index in [0.717, 1.165) is 23.4 Å². The minimum Gasteiger partial charge on any atom is -0.478 e. The smallest absolute Gasteiger partial charge is 0.336 e. The fourth-order valence-electron chi connectivity index (χ4n) is 3.78. The Kier molecular flexibility index (Phi) is 7.43. The van der Waals surface area contributed by atoms with Crippen LogP contribution in [0.5, 0.6) is 0 Å². The molecule has 3 aromatic rings. The van der Waals surface area contributed by atoms with Crippen LogP contribution in [0.4, 0.5) is 0 Å². The van der Waals surface area contributed by atoms with E-state index in [4.69, 9.17) is 19.6 Å². The maximum Gasteiger partial charge on any atom is 0.336 e. The van der Waals surface area contributed by atoms with Gasteiger partial charge in [0.15, 0.2) is 0 Å². The lowest BCUT2D eigenvalue weighted by Crippen LogP contribution is -2.31. The summed E-state index contributed by atoms with van der Waals surface area (Å²) < 4.78 is 13.2. The van der Waals surface area contributed by atoms with Crippen molar-refractivity contribution in [2.24, 2.45) is 0 Å².